The standard InChI is InChI=1S/C19H26N4O5/c1-12-5-4-6-13(2)23(12)17(24)11-28-15-8-7-14(9-16(15)27-3)10-21-22-19(26)18(20)25/h7-10,12-13H,4-6,11H2,1-3H3,(H2,20,25)(H,22,26)/b21-10-/t12-,13+. The molecule has 1 saturated heterocycles. The predicted octanol–water partition coefficient (Wildman–Crippen LogP) is 0.799. The third-order valence-electron chi connectivity index (χ3n) is 4.62. The summed E-state index contributed by atoms with van der Waals surface area (Å²) in [5.41, 5.74) is 7.41. The summed E-state index contributed by atoms with van der Waals surface area (Å²) < 4.78 is 11.0. The minimum Gasteiger partial charge on any atom is -0.493 e. The predicted molar refractivity (Wildman–Crippen MR) is 103 cm³/mol. The third kappa shape index (κ3) is 5.45. The van der Waals surface area contributed by atoms with Gasteiger partial charge in [-0.15, -0.1) is 0 Å². The number of piperidine rings is 1. The quantitative estimate of drug-likeness (QED) is 0.422. The Bertz CT molecular complexity index is 755. The van der Waals surface area contributed by atoms with Crippen LogP contribution in [0.5, 0.6) is 11.5 Å². The van der Waals surface area contributed by atoms with Gasteiger partial charge < -0.3 is 20.1 Å². The van der Waals surface area contributed by atoms with Crippen LogP contribution >= 0.6 is 0 Å². The molecule has 0 aliphatic carbocycles. The zero-order valence-corrected chi connectivity index (χ0v) is 16.3. The maximum Gasteiger partial charge on any atom is 0.329 e. The molecule has 1 aliphatic rings. The van der Waals surface area contributed by atoms with Crippen LogP contribution in [0.3, 0.4) is 0 Å². The van der Waals surface area contributed by atoms with Gasteiger partial charge in [-0.2, -0.15) is 5.10 Å². The fourth-order valence-corrected chi connectivity index (χ4v) is 3.23. The van der Waals surface area contributed by atoms with Gasteiger partial charge >= 0.3 is 11.8 Å². The topological polar surface area (TPSA) is 123 Å². The number of likely N-dealkylation sites (tertiary alicyclic amines) is 1. The van der Waals surface area contributed by atoms with Crippen molar-refractivity contribution in [3.8, 4) is 11.5 Å². The minimum absolute atomic E-state index is 0.0541. The smallest absolute Gasteiger partial charge is 0.329 e. The van der Waals surface area contributed by atoms with Crippen molar-refractivity contribution in [1.82, 2.24) is 10.3 Å². The number of rotatable bonds is 6. The van der Waals surface area contributed by atoms with E-state index in [9.17, 15) is 14.4 Å². The molecule has 0 saturated carbocycles. The molecule has 2 atom stereocenters. The molecule has 3 N–H and O–H groups in total. The number of hydrazone groups is 1. The molecule has 1 aromatic rings. The molecule has 1 aromatic carbocycles. The van der Waals surface area contributed by atoms with E-state index < -0.39 is 11.8 Å². The van der Waals surface area contributed by atoms with Crippen molar-refractivity contribution < 1.29 is 23.9 Å². The van der Waals surface area contributed by atoms with E-state index in [1.165, 1.54) is 13.3 Å². The van der Waals surface area contributed by atoms with Gasteiger partial charge in [-0.05, 0) is 56.9 Å². The van der Waals surface area contributed by atoms with Gasteiger partial charge in [0.05, 0.1) is 13.3 Å². The fraction of sp³-hybridized carbons (Fsp3) is 0.474. The van der Waals surface area contributed by atoms with E-state index in [-0.39, 0.29) is 24.6 Å². The Labute approximate surface area is 163 Å². The lowest BCUT2D eigenvalue weighted by molar-refractivity contribution is -0.139. The van der Waals surface area contributed by atoms with Crippen molar-refractivity contribution >= 4 is 23.9 Å². The number of ether oxygens (including phenoxy) is 2. The molecule has 0 radical (unpaired) electrons. The summed E-state index contributed by atoms with van der Waals surface area (Å²) in [4.78, 5) is 36.2. The van der Waals surface area contributed by atoms with Gasteiger partial charge in [0.25, 0.3) is 5.91 Å². The van der Waals surface area contributed by atoms with Crippen molar-refractivity contribution in [2.75, 3.05) is 13.7 Å². The molecule has 28 heavy (non-hydrogen) atoms. The second kappa shape index (κ2) is 9.72. The highest BCUT2D eigenvalue weighted by molar-refractivity contribution is 6.34. The van der Waals surface area contributed by atoms with Crippen LogP contribution in [0.4, 0.5) is 0 Å². The molecule has 1 fully saturated rings. The van der Waals surface area contributed by atoms with E-state index in [2.05, 4.69) is 18.9 Å². The number of nitrogens with zero attached hydrogens (tertiary/aromatic N) is 2. The maximum absolute atomic E-state index is 12.6. The van der Waals surface area contributed by atoms with Crippen molar-refractivity contribution in [2.45, 2.75) is 45.2 Å². The Morgan fingerprint density at radius 1 is 1.25 bits per heavy atom. The van der Waals surface area contributed by atoms with Crippen molar-refractivity contribution in [1.29, 1.82) is 0 Å². The van der Waals surface area contributed by atoms with Crippen LogP contribution in [0.25, 0.3) is 0 Å². The second-order valence-corrected chi connectivity index (χ2v) is 6.69. The zero-order chi connectivity index (χ0) is 20.7. The van der Waals surface area contributed by atoms with Gasteiger partial charge in [-0.3, -0.25) is 14.4 Å². The number of carbonyl (C=O) groups excluding carboxylic acids is 3. The Morgan fingerprint density at radius 2 is 1.93 bits per heavy atom. The van der Waals surface area contributed by atoms with Crippen LogP contribution in [0, 0.1) is 0 Å². The molecule has 0 aromatic heterocycles. The summed E-state index contributed by atoms with van der Waals surface area (Å²) in [6.07, 6.45) is 4.46. The van der Waals surface area contributed by atoms with E-state index in [1.807, 2.05) is 10.3 Å². The van der Waals surface area contributed by atoms with Crippen molar-refractivity contribution in [3.63, 3.8) is 0 Å². The van der Waals surface area contributed by atoms with Crippen LogP contribution in [0.15, 0.2) is 23.3 Å². The summed E-state index contributed by atoms with van der Waals surface area (Å²) in [5, 5.41) is 3.64. The van der Waals surface area contributed by atoms with Crippen LogP contribution in [0.1, 0.15) is 38.7 Å². The molecule has 1 aliphatic heterocycles. The fourth-order valence-electron chi connectivity index (χ4n) is 3.23. The Balaban J connectivity index is 2.00. The first-order valence-electron chi connectivity index (χ1n) is 9.08. The zero-order valence-electron chi connectivity index (χ0n) is 16.3. The molecule has 9 heteroatoms. The lowest BCUT2D eigenvalue weighted by Crippen LogP contribution is -2.49. The molecule has 3 amide bonds. The van der Waals surface area contributed by atoms with E-state index >= 15 is 0 Å². The van der Waals surface area contributed by atoms with Crippen LogP contribution < -0.4 is 20.6 Å². The number of benzene rings is 1. The first-order chi connectivity index (χ1) is 13.3. The van der Waals surface area contributed by atoms with Crippen molar-refractivity contribution in [2.24, 2.45) is 10.8 Å². The average molecular weight is 390 g/mol. The lowest BCUT2D eigenvalue weighted by atomic mass is 9.97. The van der Waals surface area contributed by atoms with Crippen LogP contribution in [-0.4, -0.2) is 54.6 Å². The molecule has 0 bridgehead atoms. The van der Waals surface area contributed by atoms with E-state index in [1.54, 1.807) is 18.2 Å². The summed E-state index contributed by atoms with van der Waals surface area (Å²) in [6.45, 7) is 4.03. The second-order valence-electron chi connectivity index (χ2n) is 6.69. The molecule has 2 rings (SSSR count). The highest BCUT2D eigenvalue weighted by atomic mass is 16.5. The van der Waals surface area contributed by atoms with Crippen molar-refractivity contribution in [3.05, 3.63) is 23.8 Å². The molecular weight excluding hydrogens is 364 g/mol. The Morgan fingerprint density at radius 3 is 2.54 bits per heavy atom. The number of nitrogens with two attached hydrogens (primary N) is 1. The van der Waals surface area contributed by atoms with Gasteiger partial charge in [0.15, 0.2) is 18.1 Å². The molecule has 152 valence electrons. The SMILES string of the molecule is COc1cc(/C=N\NC(=O)C(N)=O)ccc1OCC(=O)N1[C@H](C)CCC[C@@H]1C. The van der Waals surface area contributed by atoms with Gasteiger partial charge in [0.1, 0.15) is 0 Å². The molecular formula is C19H26N4O5. The van der Waals surface area contributed by atoms with Gasteiger partial charge in [-0.1, -0.05) is 0 Å². The summed E-state index contributed by atoms with van der Waals surface area (Å²) in [5.74, 6) is -1.35. The number of primary amides is 1. The molecule has 9 nitrogen and oxygen atoms in total. The number of hydrogen-bond acceptors (Lipinski definition) is 6. The number of carbonyl (C=O) groups is 3. The monoisotopic (exact) mass is 390 g/mol. The number of methoxy groups -OCH3 is 1. The van der Waals surface area contributed by atoms with Crippen LogP contribution in [0.2, 0.25) is 0 Å². The number of nitrogens with one attached hydrogen (secondary N) is 1. The largest absolute Gasteiger partial charge is 0.493 e. The normalized spacial score (nSPS) is 19.3. The van der Waals surface area contributed by atoms with Crippen LogP contribution in [-0.2, 0) is 14.4 Å². The van der Waals surface area contributed by atoms with E-state index in [4.69, 9.17) is 15.2 Å². The number of amides is 3. The first-order valence-corrected chi connectivity index (χ1v) is 9.08. The summed E-state index contributed by atoms with van der Waals surface area (Å²) in [7, 11) is 1.48. The average Bonchev–Trinajstić information content (AvgIpc) is 2.66. The Kier molecular flexibility index (Phi) is 7.36. The molecule has 0 unspecified atom stereocenters. The summed E-state index contributed by atoms with van der Waals surface area (Å²) >= 11 is 0. The summed E-state index contributed by atoms with van der Waals surface area (Å²) in [6, 6.07) is 5.36. The van der Waals surface area contributed by atoms with Gasteiger partial charge in [0, 0.05) is 12.1 Å². The number of hydrogen-bond donors (Lipinski definition) is 2. The Hall–Kier alpha value is -3.10. The molecule has 0 spiro atoms. The third-order valence-corrected chi connectivity index (χ3v) is 4.62. The highest BCUT2D eigenvalue weighted by Crippen LogP contribution is 2.28. The van der Waals surface area contributed by atoms with Gasteiger partial charge in [-0.25, -0.2) is 5.43 Å². The van der Waals surface area contributed by atoms with E-state index in [0.29, 0.717) is 17.1 Å². The van der Waals surface area contributed by atoms with Gasteiger partial charge in [0.2, 0.25) is 0 Å². The highest BCUT2D eigenvalue weighted by Gasteiger charge is 2.29. The molecule has 1 heterocycles. The maximum atomic E-state index is 12.6. The first kappa shape index (κ1) is 21.2. The lowest BCUT2D eigenvalue weighted by Gasteiger charge is -2.39. The minimum atomic E-state index is -1.12. The van der Waals surface area contributed by atoms with E-state index in [0.717, 1.165) is 19.3 Å².